The van der Waals surface area contributed by atoms with Crippen molar-refractivity contribution in [3.8, 4) is 0 Å². The molecule has 0 spiro atoms. The number of hydrazone groups is 1. The Kier molecular flexibility index (Phi) is 8.20. The normalized spacial score (nSPS) is 9.45. The third-order valence-corrected chi connectivity index (χ3v) is 2.11. The van der Waals surface area contributed by atoms with Gasteiger partial charge in [0.05, 0.1) is 0 Å². The quantitative estimate of drug-likeness (QED) is 0.342. The van der Waals surface area contributed by atoms with E-state index in [0.717, 1.165) is 0 Å². The Labute approximate surface area is 140 Å². The van der Waals surface area contributed by atoms with Crippen LogP contribution in [0.25, 0.3) is 0 Å². The Balaban J connectivity index is 0.000000344. The van der Waals surface area contributed by atoms with Gasteiger partial charge < -0.3 is 71.5 Å². The zero-order valence-electron chi connectivity index (χ0n) is 11.1. The van der Waals surface area contributed by atoms with E-state index in [2.05, 4.69) is 64.0 Å². The van der Waals surface area contributed by atoms with E-state index in [1.807, 2.05) is 0 Å². The summed E-state index contributed by atoms with van der Waals surface area (Å²) in [5.41, 5.74) is 3.47. The maximum atomic E-state index is 11.5. The predicted octanol–water partition coefficient (Wildman–Crippen LogP) is 1.37. The standard InChI is InChI=1S/C12H6N3O.C5H.Fe/c16-12(11-5-7-13-8-6-11)15-14-9-10-3-1-2-4-10;1-2-4-5-3-1;/h5-9H,(H,15,16);1H;/q2*-5;. The number of aromatic nitrogens is 1. The zero-order valence-corrected chi connectivity index (χ0v) is 12.2. The first-order valence-electron chi connectivity index (χ1n) is 5.81. The van der Waals surface area contributed by atoms with Gasteiger partial charge in [-0.1, -0.05) is 0 Å². The van der Waals surface area contributed by atoms with Crippen molar-refractivity contribution in [2.75, 3.05) is 0 Å². The SMILES string of the molecule is O=C(NN=C[c-]1[c-][c-][c-][c-]1)c1ccncc1.[Fe].[c-]1[c-][c-][cH-][c-]1. The molecule has 3 aromatic rings. The van der Waals surface area contributed by atoms with Crippen molar-refractivity contribution < 1.29 is 21.9 Å². The minimum atomic E-state index is -0.293. The summed E-state index contributed by atoms with van der Waals surface area (Å²) >= 11 is 0. The molecule has 0 aliphatic heterocycles. The number of hydrogen-bond acceptors (Lipinski definition) is 3. The molecule has 0 radical (unpaired) electrons. The van der Waals surface area contributed by atoms with E-state index in [0.29, 0.717) is 11.1 Å². The summed E-state index contributed by atoms with van der Waals surface area (Å²) in [7, 11) is 0. The van der Waals surface area contributed by atoms with Crippen LogP contribution in [-0.2, 0) is 17.1 Å². The van der Waals surface area contributed by atoms with Gasteiger partial charge in [0.2, 0.25) is 0 Å². The van der Waals surface area contributed by atoms with Crippen molar-refractivity contribution in [1.82, 2.24) is 10.4 Å². The van der Waals surface area contributed by atoms with Crippen LogP contribution in [0.15, 0.2) is 35.7 Å². The van der Waals surface area contributed by atoms with Gasteiger partial charge in [0.1, 0.15) is 0 Å². The molecular weight excluding hydrogens is 318 g/mol. The summed E-state index contributed by atoms with van der Waals surface area (Å²) in [6, 6.07) is 25.8. The Bertz CT molecular complexity index is 629. The molecule has 1 amide bonds. The van der Waals surface area contributed by atoms with E-state index in [1.54, 1.807) is 30.6 Å². The molecule has 0 atom stereocenters. The molecular formula is C17H7FeN3O-10. The van der Waals surface area contributed by atoms with Crippen LogP contribution in [0.4, 0.5) is 0 Å². The van der Waals surface area contributed by atoms with Crippen LogP contribution in [0, 0.1) is 48.5 Å². The number of nitrogens with zero attached hydrogens (tertiary/aromatic N) is 2. The van der Waals surface area contributed by atoms with Crippen molar-refractivity contribution in [3.63, 3.8) is 0 Å². The Hall–Kier alpha value is -2.49. The number of carbonyl (C=O) groups excluding carboxylic acids is 1. The smallest absolute Gasteiger partial charge is 0.269 e. The van der Waals surface area contributed by atoms with Crippen LogP contribution in [0.3, 0.4) is 0 Å². The molecule has 5 heteroatoms. The van der Waals surface area contributed by atoms with Gasteiger partial charge >= 0.3 is 0 Å². The van der Waals surface area contributed by atoms with Gasteiger partial charge in [-0.2, -0.15) is 0 Å². The number of amides is 1. The molecule has 0 unspecified atom stereocenters. The molecule has 0 bridgehead atoms. The Morgan fingerprint density at radius 3 is 2.36 bits per heavy atom. The predicted molar refractivity (Wildman–Crippen MR) is 74.1 cm³/mol. The van der Waals surface area contributed by atoms with Crippen LogP contribution >= 0.6 is 0 Å². The van der Waals surface area contributed by atoms with E-state index in [4.69, 9.17) is 0 Å². The molecule has 0 saturated carbocycles. The molecule has 0 aliphatic rings. The third kappa shape index (κ3) is 6.31. The molecule has 0 aliphatic carbocycles. The molecule has 114 valence electrons. The van der Waals surface area contributed by atoms with Crippen LogP contribution < -0.4 is 5.43 Å². The summed E-state index contributed by atoms with van der Waals surface area (Å²) in [5, 5.41) is 3.74. The maximum absolute atomic E-state index is 11.5. The van der Waals surface area contributed by atoms with Crippen LogP contribution in [0.1, 0.15) is 15.9 Å². The van der Waals surface area contributed by atoms with E-state index >= 15 is 0 Å². The van der Waals surface area contributed by atoms with E-state index in [-0.39, 0.29) is 23.0 Å². The second-order valence-electron chi connectivity index (χ2n) is 3.53. The van der Waals surface area contributed by atoms with E-state index in [1.165, 1.54) is 6.21 Å². The third-order valence-electron chi connectivity index (χ3n) is 2.11. The minimum absolute atomic E-state index is 0. The van der Waals surface area contributed by atoms with Crippen LogP contribution in [-0.4, -0.2) is 17.1 Å². The number of nitrogens with one attached hydrogen (secondary N) is 1. The van der Waals surface area contributed by atoms with Gasteiger partial charge in [0.25, 0.3) is 5.91 Å². The summed E-state index contributed by atoms with van der Waals surface area (Å²) in [6.07, 6.45) is 4.51. The summed E-state index contributed by atoms with van der Waals surface area (Å²) < 4.78 is 0. The van der Waals surface area contributed by atoms with Gasteiger partial charge in [-0.3, -0.25) is 15.2 Å². The molecule has 2 aromatic carbocycles. The molecule has 1 aromatic heterocycles. The summed E-state index contributed by atoms with van der Waals surface area (Å²) in [5.74, 6) is -0.293. The summed E-state index contributed by atoms with van der Waals surface area (Å²) in [4.78, 5) is 15.3. The molecule has 0 saturated heterocycles. The second kappa shape index (κ2) is 10.3. The fourth-order valence-corrected chi connectivity index (χ4v) is 1.20. The van der Waals surface area contributed by atoms with Gasteiger partial charge in [-0.25, -0.2) is 0 Å². The van der Waals surface area contributed by atoms with Gasteiger partial charge in [-0.15, -0.1) is 0 Å². The van der Waals surface area contributed by atoms with E-state index in [9.17, 15) is 4.79 Å². The van der Waals surface area contributed by atoms with E-state index < -0.39 is 0 Å². The van der Waals surface area contributed by atoms with Crippen molar-refractivity contribution in [2.24, 2.45) is 5.10 Å². The molecule has 22 heavy (non-hydrogen) atoms. The largest absolute Gasteiger partial charge is 0.999 e. The molecule has 0 fully saturated rings. The number of rotatable bonds is 3. The number of hydrogen-bond donors (Lipinski definition) is 1. The van der Waals surface area contributed by atoms with Crippen molar-refractivity contribution in [1.29, 1.82) is 0 Å². The first-order chi connectivity index (χ1) is 10.4. The average molecular weight is 325 g/mol. The minimum Gasteiger partial charge on any atom is -0.999 e. The monoisotopic (exact) mass is 325 g/mol. The first kappa shape index (κ1) is 17.6. The molecule has 1 heterocycles. The number of carbonyl (C=O) groups is 1. The van der Waals surface area contributed by atoms with Crippen LogP contribution in [0.5, 0.6) is 0 Å². The Morgan fingerprint density at radius 2 is 1.82 bits per heavy atom. The fourth-order valence-electron chi connectivity index (χ4n) is 1.20. The molecule has 1 N–H and O–H groups in total. The molecule has 4 nitrogen and oxygen atoms in total. The van der Waals surface area contributed by atoms with Crippen molar-refractivity contribution in [3.05, 3.63) is 90.3 Å². The Morgan fingerprint density at radius 1 is 1.18 bits per heavy atom. The van der Waals surface area contributed by atoms with Gasteiger partial charge in [-0.05, 0) is 12.1 Å². The van der Waals surface area contributed by atoms with Gasteiger partial charge in [0, 0.05) is 35.0 Å². The van der Waals surface area contributed by atoms with Gasteiger partial charge in [0.15, 0.2) is 0 Å². The first-order valence-corrected chi connectivity index (χ1v) is 5.81. The zero-order chi connectivity index (χ0) is 14.8. The fraction of sp³-hybridized carbons (Fsp3) is 0. The maximum Gasteiger partial charge on any atom is 0.269 e. The summed E-state index contributed by atoms with van der Waals surface area (Å²) in [6.45, 7) is 0. The second-order valence-corrected chi connectivity index (χ2v) is 3.53. The van der Waals surface area contributed by atoms with Crippen molar-refractivity contribution in [2.45, 2.75) is 0 Å². The number of pyridine rings is 1. The average Bonchev–Trinajstić information content (AvgIpc) is 3.24. The van der Waals surface area contributed by atoms with Crippen molar-refractivity contribution >= 4 is 12.1 Å². The topological polar surface area (TPSA) is 54.4 Å². The van der Waals surface area contributed by atoms with Crippen LogP contribution in [0.2, 0.25) is 0 Å². The molecule has 3 rings (SSSR count).